The minimum Gasteiger partial charge on any atom is -0.481 e. The van der Waals surface area contributed by atoms with E-state index in [1.54, 1.807) is 0 Å². The minimum atomic E-state index is -1.31. The maximum Gasteiger partial charge on any atom is 0.314 e. The van der Waals surface area contributed by atoms with E-state index < -0.39 is 18.4 Å². The van der Waals surface area contributed by atoms with Gasteiger partial charge in [0.2, 0.25) is 0 Å². The lowest BCUT2D eigenvalue weighted by molar-refractivity contribution is -0.147. The molecule has 0 rings (SSSR count). The number of carboxylic acids is 2. The lowest BCUT2D eigenvalue weighted by Gasteiger charge is -1.80. The number of carbonyl (C=O) groups is 2. The van der Waals surface area contributed by atoms with Gasteiger partial charge in [-0.1, -0.05) is 35.9 Å². The Labute approximate surface area is 85.1 Å². The molecule has 0 unspecified atom stereocenters. The fourth-order valence-electron chi connectivity index (χ4n) is 0.263. The zero-order chi connectivity index (χ0) is 9.98. The Hall–Kier alpha value is -0.330. The summed E-state index contributed by atoms with van der Waals surface area (Å²) in [6, 6.07) is 0. The molecule has 0 atom stereocenters. The van der Waals surface area contributed by atoms with Gasteiger partial charge in [-0.25, -0.2) is 0 Å². The Morgan fingerprint density at radius 3 is 1.67 bits per heavy atom. The van der Waals surface area contributed by atoms with Crippen molar-refractivity contribution >= 4 is 34.5 Å². The van der Waals surface area contributed by atoms with Gasteiger partial charge in [0.05, 0.1) is 0 Å². The summed E-state index contributed by atoms with van der Waals surface area (Å²) in [5.74, 6) is -2.62. The number of carboxylic acid groups (broad SMARTS) is 2. The molecule has 0 amide bonds. The van der Waals surface area contributed by atoms with E-state index in [0.717, 1.165) is 0 Å². The van der Waals surface area contributed by atoms with Crippen molar-refractivity contribution in [1.29, 1.82) is 0 Å². The Kier molecular flexibility index (Phi) is 12.6. The molecule has 5 heteroatoms. The third-order valence-electron chi connectivity index (χ3n) is 0.790. The van der Waals surface area contributed by atoms with Gasteiger partial charge < -0.3 is 10.2 Å². The second-order valence-electron chi connectivity index (χ2n) is 2.01. The van der Waals surface area contributed by atoms with E-state index in [-0.39, 0.29) is 0 Å². The lowest BCUT2D eigenvalue weighted by atomic mass is 10.4. The van der Waals surface area contributed by atoms with Gasteiger partial charge >= 0.3 is 11.9 Å². The second-order valence-corrected chi connectivity index (χ2v) is 3.09. The monoisotopic (exact) mass is 288 g/mol. The molecule has 0 bridgehead atoms. The van der Waals surface area contributed by atoms with E-state index in [9.17, 15) is 9.59 Å². The van der Waals surface area contributed by atoms with Crippen LogP contribution < -0.4 is 0 Å². The number of aliphatic carboxylic acids is 2. The van der Waals surface area contributed by atoms with Crippen molar-refractivity contribution in [3.63, 3.8) is 0 Å². The normalized spacial score (nSPS) is 8.17. The van der Waals surface area contributed by atoms with Gasteiger partial charge in [0.1, 0.15) is 6.42 Å². The quantitative estimate of drug-likeness (QED) is 0.469. The maximum atomic E-state index is 9.43. The summed E-state index contributed by atoms with van der Waals surface area (Å²) in [4.78, 5) is 18.9. The van der Waals surface area contributed by atoms with Gasteiger partial charge in [-0.2, -0.15) is 0 Å². The third-order valence-corrected chi connectivity index (χ3v) is 1.55. The van der Waals surface area contributed by atoms with Crippen molar-refractivity contribution < 1.29 is 19.8 Å². The first-order valence-electron chi connectivity index (χ1n) is 3.54. The molecule has 0 spiro atoms. The van der Waals surface area contributed by atoms with Gasteiger partial charge in [0, 0.05) is 0 Å². The lowest BCUT2D eigenvalue weighted by Crippen LogP contribution is -2.03. The van der Waals surface area contributed by atoms with Crippen LogP contribution in [0.3, 0.4) is 0 Å². The van der Waals surface area contributed by atoms with Crippen LogP contribution in [0.2, 0.25) is 0 Å². The van der Waals surface area contributed by atoms with Crippen LogP contribution in [0.5, 0.6) is 0 Å². The first-order chi connectivity index (χ1) is 5.54. The van der Waals surface area contributed by atoms with Crippen LogP contribution in [0.1, 0.15) is 26.2 Å². The van der Waals surface area contributed by atoms with E-state index in [1.165, 1.54) is 17.3 Å². The van der Waals surface area contributed by atoms with Gasteiger partial charge in [-0.05, 0) is 10.8 Å². The summed E-state index contributed by atoms with van der Waals surface area (Å²) < 4.78 is 1.31. The fraction of sp³-hybridized carbons (Fsp3) is 0.714. The number of halogens is 1. The minimum absolute atomic E-state index is 0.806. The highest BCUT2D eigenvalue weighted by Gasteiger charge is 2.01. The molecule has 2 N–H and O–H groups in total. The molecule has 0 aromatic rings. The van der Waals surface area contributed by atoms with E-state index in [4.69, 9.17) is 10.2 Å². The Morgan fingerprint density at radius 1 is 1.25 bits per heavy atom. The average molecular weight is 288 g/mol. The van der Waals surface area contributed by atoms with Gasteiger partial charge in [-0.15, -0.1) is 0 Å². The Morgan fingerprint density at radius 2 is 1.67 bits per heavy atom. The molecule has 0 saturated heterocycles. The summed E-state index contributed by atoms with van der Waals surface area (Å²) in [6.07, 6.45) is 1.91. The van der Waals surface area contributed by atoms with Crippen molar-refractivity contribution in [3.05, 3.63) is 0 Å². The van der Waals surface area contributed by atoms with Crippen LogP contribution in [0.25, 0.3) is 0 Å². The Bertz CT molecular complexity index is 121. The summed E-state index contributed by atoms with van der Waals surface area (Å²) in [5, 5.41) is 15.4. The highest BCUT2D eigenvalue weighted by Crippen LogP contribution is 1.90. The largest absolute Gasteiger partial charge is 0.481 e. The predicted molar refractivity (Wildman–Crippen MR) is 53.7 cm³/mol. The highest BCUT2D eigenvalue weighted by molar-refractivity contribution is 14.1. The van der Waals surface area contributed by atoms with Crippen LogP contribution in [-0.2, 0) is 9.59 Å². The van der Waals surface area contributed by atoms with Crippen molar-refractivity contribution in [2.75, 3.05) is 4.43 Å². The number of hydrogen-bond donors (Lipinski definition) is 2. The van der Waals surface area contributed by atoms with Crippen LogP contribution in [0.4, 0.5) is 0 Å². The molecular weight excluding hydrogens is 275 g/mol. The average Bonchev–Trinajstić information content (AvgIpc) is 1.87. The standard InChI is InChI=1S/C4H9I.C3H4O4/c1-2-3-4-5;4-2(5)1-3(6)7/h2-4H2,1H3;1H2,(H,4,5)(H,6,7). The summed E-state index contributed by atoms with van der Waals surface area (Å²) in [7, 11) is 0. The molecule has 0 fully saturated rings. The van der Waals surface area contributed by atoms with Gasteiger partial charge in [-0.3, -0.25) is 9.59 Å². The van der Waals surface area contributed by atoms with Gasteiger partial charge in [0.25, 0.3) is 0 Å². The molecular formula is C7H13IO4. The Balaban J connectivity index is 0. The van der Waals surface area contributed by atoms with Crippen molar-refractivity contribution in [1.82, 2.24) is 0 Å². The maximum absolute atomic E-state index is 9.43. The van der Waals surface area contributed by atoms with E-state index >= 15 is 0 Å². The molecule has 0 aliphatic heterocycles. The SMILES string of the molecule is CCCCI.O=C(O)CC(=O)O. The number of unbranched alkanes of at least 4 members (excludes halogenated alkanes) is 1. The third kappa shape index (κ3) is 22.6. The molecule has 0 aromatic heterocycles. The van der Waals surface area contributed by atoms with Gasteiger partial charge in [0.15, 0.2) is 0 Å². The molecule has 72 valence electrons. The zero-order valence-corrected chi connectivity index (χ0v) is 9.07. The molecule has 0 heterocycles. The zero-order valence-electron chi connectivity index (χ0n) is 6.92. The van der Waals surface area contributed by atoms with Crippen molar-refractivity contribution in [2.45, 2.75) is 26.2 Å². The summed E-state index contributed by atoms with van der Waals surface area (Å²) >= 11 is 2.39. The van der Waals surface area contributed by atoms with E-state index in [0.29, 0.717) is 0 Å². The van der Waals surface area contributed by atoms with E-state index in [2.05, 4.69) is 29.5 Å². The second kappa shape index (κ2) is 10.7. The first-order valence-corrected chi connectivity index (χ1v) is 5.06. The molecule has 0 radical (unpaired) electrons. The smallest absolute Gasteiger partial charge is 0.314 e. The van der Waals surface area contributed by atoms with Crippen molar-refractivity contribution in [3.8, 4) is 0 Å². The van der Waals surface area contributed by atoms with Crippen LogP contribution in [-0.4, -0.2) is 26.6 Å². The fourth-order valence-corrected chi connectivity index (χ4v) is 1.03. The van der Waals surface area contributed by atoms with Crippen LogP contribution in [0.15, 0.2) is 0 Å². The molecule has 4 nitrogen and oxygen atoms in total. The summed E-state index contributed by atoms with van der Waals surface area (Å²) in [5.41, 5.74) is 0. The van der Waals surface area contributed by atoms with Crippen LogP contribution in [0, 0.1) is 0 Å². The van der Waals surface area contributed by atoms with Crippen molar-refractivity contribution in [2.24, 2.45) is 0 Å². The molecule has 0 aliphatic carbocycles. The number of rotatable bonds is 4. The first kappa shape index (κ1) is 14.2. The predicted octanol–water partition coefficient (Wildman–Crippen LogP) is 1.77. The number of hydrogen-bond acceptors (Lipinski definition) is 2. The van der Waals surface area contributed by atoms with Crippen LogP contribution >= 0.6 is 22.6 Å². The molecule has 0 aromatic carbocycles. The topological polar surface area (TPSA) is 74.6 Å². The molecule has 0 saturated carbocycles. The number of alkyl halides is 1. The highest BCUT2D eigenvalue weighted by atomic mass is 127. The molecule has 0 aliphatic rings. The molecule has 12 heavy (non-hydrogen) atoms. The van der Waals surface area contributed by atoms with E-state index in [1.807, 2.05) is 0 Å². The summed E-state index contributed by atoms with van der Waals surface area (Å²) in [6.45, 7) is 2.21.